The molecule has 0 bridgehead atoms. The van der Waals surface area contributed by atoms with Crippen LogP contribution in [0, 0.1) is 0 Å². The molecule has 5 rings (SSSR count). The Hall–Kier alpha value is -3.89. The van der Waals surface area contributed by atoms with Gasteiger partial charge in [-0.15, -0.1) is 0 Å². The number of benzene rings is 4. The van der Waals surface area contributed by atoms with Gasteiger partial charge in [0, 0.05) is 39.6 Å². The van der Waals surface area contributed by atoms with Crippen LogP contribution in [0.15, 0.2) is 127 Å². The molecule has 0 heterocycles. The fourth-order valence-corrected chi connectivity index (χ4v) is 5.33. The summed E-state index contributed by atoms with van der Waals surface area (Å²) in [5, 5.41) is 16.1. The summed E-state index contributed by atoms with van der Waals surface area (Å²) in [6.07, 6.45) is 4.25. The molecule has 14 nitrogen and oxygen atoms in total. The van der Waals surface area contributed by atoms with Crippen LogP contribution in [0.25, 0.3) is 11.5 Å². The molecule has 2 unspecified atom stereocenters. The Morgan fingerprint density at radius 2 is 0.745 bits per heavy atom. The van der Waals surface area contributed by atoms with E-state index in [4.69, 9.17) is 20.6 Å². The number of hydrogen-bond donors (Lipinski definition) is 2. The quantitative estimate of drug-likeness (QED) is 0.128. The third kappa shape index (κ3) is 15.1. The molecule has 1 aliphatic carbocycles. The summed E-state index contributed by atoms with van der Waals surface area (Å²) in [5.41, 5.74) is 19.1. The normalized spacial score (nSPS) is 15.9. The van der Waals surface area contributed by atoms with Crippen molar-refractivity contribution in [3.05, 3.63) is 109 Å². The minimum Gasteiger partial charge on any atom is -0.676 e. The number of anilines is 2. The van der Waals surface area contributed by atoms with Crippen molar-refractivity contribution in [3.8, 4) is 0 Å². The molecule has 276 valence electrons. The van der Waals surface area contributed by atoms with Gasteiger partial charge >= 0.3 is 21.1 Å². The Bertz CT molecular complexity index is 1780. The van der Waals surface area contributed by atoms with Gasteiger partial charge < -0.3 is 21.3 Å². The molecule has 0 radical (unpaired) electrons. The minimum absolute atomic E-state index is 0. The van der Waals surface area contributed by atoms with Gasteiger partial charge in [-0.1, -0.05) is 25.7 Å². The van der Waals surface area contributed by atoms with Crippen LogP contribution in [0.3, 0.4) is 0 Å². The van der Waals surface area contributed by atoms with E-state index in [0.717, 1.165) is 24.2 Å². The maximum atomic E-state index is 10.9. The van der Waals surface area contributed by atoms with Crippen molar-refractivity contribution in [1.29, 1.82) is 0 Å². The smallest absolute Gasteiger partial charge is 0.676 e. The minimum atomic E-state index is -4.18. The monoisotopic (exact) mass is 917 g/mol. The Morgan fingerprint density at radius 1 is 0.510 bits per heavy atom. The van der Waals surface area contributed by atoms with Gasteiger partial charge in [0.05, 0.1) is 32.5 Å². The topological polar surface area (TPSA) is 212 Å². The molecule has 4 N–H and O–H groups in total. The molecule has 4 aromatic rings. The van der Waals surface area contributed by atoms with E-state index >= 15 is 0 Å². The molecule has 17 heteroatoms. The van der Waals surface area contributed by atoms with Crippen molar-refractivity contribution < 1.29 is 47.0 Å². The zero-order chi connectivity index (χ0) is 36.9. The predicted octanol–water partition coefficient (Wildman–Crippen LogP) is 9.23. The number of hydrogen-bond acceptors (Lipinski definition) is 10. The van der Waals surface area contributed by atoms with Crippen LogP contribution >= 0.6 is 0 Å². The summed E-state index contributed by atoms with van der Waals surface area (Å²) < 4.78 is 61.4. The summed E-state index contributed by atoms with van der Waals surface area (Å²) in [4.78, 5) is 3.62. The van der Waals surface area contributed by atoms with E-state index in [1.54, 1.807) is 0 Å². The van der Waals surface area contributed by atoms with Gasteiger partial charge in [0.1, 0.15) is 0 Å². The van der Waals surface area contributed by atoms with E-state index in [-0.39, 0.29) is 42.9 Å². The molecule has 1 saturated carbocycles. The molecule has 0 aromatic heterocycles. The average Bonchev–Trinajstić information content (AvgIpc) is 3.08. The summed E-state index contributed by atoms with van der Waals surface area (Å²) >= 11 is 0. The summed E-state index contributed by atoms with van der Waals surface area (Å²) in [6, 6.07) is 25.9. The largest absolute Gasteiger partial charge is 2.00 e. The maximum Gasteiger partial charge on any atom is 2.00 e. The van der Waals surface area contributed by atoms with Gasteiger partial charge in [0.25, 0.3) is 20.2 Å². The van der Waals surface area contributed by atoms with Crippen LogP contribution in [-0.2, 0) is 41.3 Å². The summed E-state index contributed by atoms with van der Waals surface area (Å²) in [5.74, 6) is 0. The molecule has 4 aromatic carbocycles. The second kappa shape index (κ2) is 20.2. The average molecular weight is 918 g/mol. The maximum absolute atomic E-state index is 10.9. The third-order valence-electron chi connectivity index (χ3n) is 7.33. The van der Waals surface area contributed by atoms with E-state index in [1.807, 2.05) is 86.5 Å². The molecule has 2 atom stereocenters. The van der Waals surface area contributed by atoms with Crippen molar-refractivity contribution in [2.45, 2.75) is 47.6 Å². The summed E-state index contributed by atoms with van der Waals surface area (Å²) in [6.45, 7) is 0. The fourth-order valence-electron chi connectivity index (χ4n) is 4.37. The van der Waals surface area contributed by atoms with Crippen LogP contribution in [-0.4, -0.2) is 66.2 Å². The molecular weight excluding hydrogens is 876 g/mol. The van der Waals surface area contributed by atoms with Crippen molar-refractivity contribution in [2.75, 3.05) is 38.0 Å². The first-order valence-electron chi connectivity index (χ1n) is 15.5. The van der Waals surface area contributed by atoms with Gasteiger partial charge in [0.15, 0.2) is 0 Å². The first kappa shape index (κ1) is 43.3. The summed E-state index contributed by atoms with van der Waals surface area (Å²) in [7, 11) is -0.546. The SMILES string of the molecule is CN(C)c1ccc(N=Nc2ccc(S(=O)(=O)O)cc2)cc1.CN(C)c1ccc(N=Nc2ccc(S(=O)(=O)O)cc2)cc1.[NH-]C1CCCCC1[NH-].[Pt+2]. The molecule has 0 aliphatic heterocycles. The van der Waals surface area contributed by atoms with Crippen LogP contribution < -0.4 is 9.80 Å². The Labute approximate surface area is 314 Å². The molecule has 1 aliphatic rings. The van der Waals surface area contributed by atoms with Gasteiger partial charge in [0.2, 0.25) is 0 Å². The van der Waals surface area contributed by atoms with Crippen molar-refractivity contribution in [1.82, 2.24) is 0 Å². The first-order chi connectivity index (χ1) is 23.5. The fraction of sp³-hybridized carbons (Fsp3) is 0.294. The third-order valence-corrected chi connectivity index (χ3v) is 9.06. The van der Waals surface area contributed by atoms with Crippen LogP contribution in [0.2, 0.25) is 0 Å². The van der Waals surface area contributed by atoms with Crippen molar-refractivity contribution in [3.63, 3.8) is 0 Å². The number of azo groups is 2. The van der Waals surface area contributed by atoms with Gasteiger partial charge in [-0.2, -0.15) is 49.4 Å². The zero-order valence-corrected chi connectivity index (χ0v) is 32.5. The van der Waals surface area contributed by atoms with Gasteiger partial charge in [-0.3, -0.25) is 9.11 Å². The van der Waals surface area contributed by atoms with Crippen molar-refractivity contribution in [2.24, 2.45) is 20.5 Å². The second-order valence-corrected chi connectivity index (χ2v) is 14.5. The van der Waals surface area contributed by atoms with Crippen LogP contribution in [0.5, 0.6) is 0 Å². The Kier molecular flexibility index (Phi) is 17.2. The molecule has 51 heavy (non-hydrogen) atoms. The molecule has 0 spiro atoms. The van der Waals surface area contributed by atoms with Crippen LogP contribution in [0.4, 0.5) is 34.1 Å². The van der Waals surface area contributed by atoms with E-state index in [2.05, 4.69) is 20.5 Å². The van der Waals surface area contributed by atoms with E-state index in [0.29, 0.717) is 22.7 Å². The second-order valence-electron chi connectivity index (χ2n) is 11.7. The van der Waals surface area contributed by atoms with E-state index in [1.165, 1.54) is 61.4 Å². The predicted molar refractivity (Wildman–Crippen MR) is 197 cm³/mol. The van der Waals surface area contributed by atoms with E-state index in [9.17, 15) is 16.8 Å². The number of rotatable bonds is 8. The first-order valence-corrected chi connectivity index (χ1v) is 18.4. The number of nitrogens with one attached hydrogen (secondary N) is 2. The molecule has 1 fully saturated rings. The van der Waals surface area contributed by atoms with Crippen LogP contribution in [0.1, 0.15) is 25.7 Å². The zero-order valence-electron chi connectivity index (χ0n) is 28.6. The van der Waals surface area contributed by atoms with E-state index < -0.39 is 20.2 Å². The molecule has 0 amide bonds. The van der Waals surface area contributed by atoms with Crippen molar-refractivity contribution >= 4 is 54.4 Å². The Morgan fingerprint density at radius 3 is 0.941 bits per heavy atom. The standard InChI is InChI=1S/2C14H15N3O3S.C6H12N2.Pt/c2*1-17(2)13-7-3-11(4-8-13)15-16-12-5-9-14(10-6-12)21(18,19)20;7-5-3-1-2-4-6(5)8;/h2*3-10H,1-2H3,(H,18,19,20);5-8H,1-4H2;/q;;-2;+2. The molecule has 0 saturated heterocycles. The Balaban J connectivity index is 0.000000286. The van der Waals surface area contributed by atoms with Gasteiger partial charge in [-0.05, 0) is 97.1 Å². The molecular formula is C34H42N8O6PtS2. The van der Waals surface area contributed by atoms with Gasteiger partial charge in [-0.25, -0.2) is 0 Å². The number of nitrogens with zero attached hydrogens (tertiary/aromatic N) is 6.